The predicted molar refractivity (Wildman–Crippen MR) is 105 cm³/mol. The van der Waals surface area contributed by atoms with Crippen LogP contribution in [0.5, 0.6) is 0 Å². The first-order chi connectivity index (χ1) is 12.8. The molecule has 2 aromatic carbocycles. The van der Waals surface area contributed by atoms with E-state index in [1.54, 1.807) is 24.3 Å². The fourth-order valence-corrected chi connectivity index (χ4v) is 4.61. The lowest BCUT2D eigenvalue weighted by Gasteiger charge is -2.21. The van der Waals surface area contributed by atoms with E-state index in [2.05, 4.69) is 4.98 Å². The normalized spacial score (nSPS) is 12.0. The van der Waals surface area contributed by atoms with Gasteiger partial charge in [-0.25, -0.2) is 8.42 Å². The van der Waals surface area contributed by atoms with E-state index in [-0.39, 0.29) is 30.2 Å². The van der Waals surface area contributed by atoms with Gasteiger partial charge in [-0.15, -0.1) is 0 Å². The molecular formula is C20H22N2O4S. The molecule has 1 aromatic heterocycles. The van der Waals surface area contributed by atoms with Crippen molar-refractivity contribution in [2.24, 2.45) is 0 Å². The summed E-state index contributed by atoms with van der Waals surface area (Å²) in [5, 5.41) is 10.2. The Labute approximate surface area is 158 Å². The van der Waals surface area contributed by atoms with Crippen LogP contribution in [0.1, 0.15) is 16.7 Å². The minimum absolute atomic E-state index is 0.0957. The van der Waals surface area contributed by atoms with Gasteiger partial charge in [0.2, 0.25) is 10.0 Å². The minimum Gasteiger partial charge on any atom is -0.395 e. The molecule has 0 aliphatic heterocycles. The van der Waals surface area contributed by atoms with E-state index in [0.29, 0.717) is 5.56 Å². The molecule has 0 amide bonds. The molecule has 1 heterocycles. The highest BCUT2D eigenvalue weighted by molar-refractivity contribution is 7.89. The number of aromatic amines is 1. The molecule has 3 aromatic rings. The molecule has 27 heavy (non-hydrogen) atoms. The van der Waals surface area contributed by atoms with Crippen LogP contribution in [-0.4, -0.2) is 36.0 Å². The molecule has 0 aliphatic carbocycles. The number of sulfonamides is 1. The number of nitrogens with one attached hydrogen (secondary N) is 1. The van der Waals surface area contributed by atoms with Crippen molar-refractivity contribution in [3.8, 4) is 0 Å². The molecule has 0 aliphatic rings. The van der Waals surface area contributed by atoms with Gasteiger partial charge in [-0.3, -0.25) is 4.79 Å². The SMILES string of the molecule is Cc1cc(C)c2[nH]c(=O)c(CN(CCO)S(=O)(=O)c3ccccc3)cc2c1. The van der Waals surface area contributed by atoms with Crippen molar-refractivity contribution in [2.45, 2.75) is 25.3 Å². The second-order valence-electron chi connectivity index (χ2n) is 6.54. The van der Waals surface area contributed by atoms with Crippen LogP contribution in [0.15, 0.2) is 58.2 Å². The zero-order valence-electron chi connectivity index (χ0n) is 15.3. The van der Waals surface area contributed by atoms with E-state index in [4.69, 9.17) is 0 Å². The van der Waals surface area contributed by atoms with E-state index >= 15 is 0 Å². The lowest BCUT2D eigenvalue weighted by atomic mass is 10.1. The molecule has 2 N–H and O–H groups in total. The first-order valence-corrected chi connectivity index (χ1v) is 10.1. The zero-order valence-corrected chi connectivity index (χ0v) is 16.1. The number of aliphatic hydroxyl groups is 1. The third kappa shape index (κ3) is 3.95. The van der Waals surface area contributed by atoms with Crippen LogP contribution in [0.3, 0.4) is 0 Å². The average molecular weight is 386 g/mol. The molecule has 142 valence electrons. The summed E-state index contributed by atoms with van der Waals surface area (Å²) in [5.74, 6) is 0. The Morgan fingerprint density at radius 2 is 1.78 bits per heavy atom. The third-order valence-electron chi connectivity index (χ3n) is 4.45. The summed E-state index contributed by atoms with van der Waals surface area (Å²) in [6, 6.07) is 13.7. The molecule has 0 radical (unpaired) electrons. The Bertz CT molecular complexity index is 1120. The van der Waals surface area contributed by atoms with Crippen molar-refractivity contribution in [3.63, 3.8) is 0 Å². The van der Waals surface area contributed by atoms with Crippen LogP contribution in [0.25, 0.3) is 10.9 Å². The van der Waals surface area contributed by atoms with E-state index in [1.807, 2.05) is 26.0 Å². The number of fused-ring (bicyclic) bond motifs is 1. The highest BCUT2D eigenvalue weighted by atomic mass is 32.2. The van der Waals surface area contributed by atoms with Gasteiger partial charge in [0, 0.05) is 18.7 Å². The Balaban J connectivity index is 2.05. The van der Waals surface area contributed by atoms with Crippen LogP contribution in [-0.2, 0) is 16.6 Å². The van der Waals surface area contributed by atoms with Crippen molar-refractivity contribution >= 4 is 20.9 Å². The van der Waals surface area contributed by atoms with Gasteiger partial charge in [-0.2, -0.15) is 4.31 Å². The van der Waals surface area contributed by atoms with Gasteiger partial charge in [-0.05, 0) is 49.1 Å². The molecule has 0 atom stereocenters. The van der Waals surface area contributed by atoms with E-state index in [0.717, 1.165) is 26.3 Å². The van der Waals surface area contributed by atoms with Gasteiger partial charge in [0.15, 0.2) is 0 Å². The fraction of sp³-hybridized carbons (Fsp3) is 0.250. The Morgan fingerprint density at radius 3 is 2.44 bits per heavy atom. The van der Waals surface area contributed by atoms with Crippen LogP contribution in [0, 0.1) is 13.8 Å². The monoisotopic (exact) mass is 386 g/mol. The number of aliphatic hydroxyl groups excluding tert-OH is 1. The molecule has 0 saturated heterocycles. The lowest BCUT2D eigenvalue weighted by molar-refractivity contribution is 0.251. The topological polar surface area (TPSA) is 90.5 Å². The maximum Gasteiger partial charge on any atom is 0.252 e. The maximum atomic E-state index is 12.9. The van der Waals surface area contributed by atoms with Crippen molar-refractivity contribution in [2.75, 3.05) is 13.2 Å². The quantitative estimate of drug-likeness (QED) is 0.680. The van der Waals surface area contributed by atoms with Gasteiger partial charge in [0.25, 0.3) is 5.56 Å². The summed E-state index contributed by atoms with van der Waals surface area (Å²) >= 11 is 0. The number of rotatable bonds is 6. The number of hydrogen-bond acceptors (Lipinski definition) is 4. The largest absolute Gasteiger partial charge is 0.395 e. The number of aromatic nitrogens is 1. The minimum atomic E-state index is -3.83. The Morgan fingerprint density at radius 1 is 1.07 bits per heavy atom. The van der Waals surface area contributed by atoms with Gasteiger partial charge >= 0.3 is 0 Å². The smallest absolute Gasteiger partial charge is 0.252 e. The zero-order chi connectivity index (χ0) is 19.6. The summed E-state index contributed by atoms with van der Waals surface area (Å²) in [4.78, 5) is 15.5. The Kier molecular flexibility index (Phi) is 5.46. The van der Waals surface area contributed by atoms with Crippen LogP contribution < -0.4 is 5.56 Å². The highest BCUT2D eigenvalue weighted by Crippen LogP contribution is 2.21. The third-order valence-corrected chi connectivity index (χ3v) is 6.31. The number of hydrogen-bond donors (Lipinski definition) is 2. The summed E-state index contributed by atoms with van der Waals surface area (Å²) < 4.78 is 27.0. The van der Waals surface area contributed by atoms with Crippen LogP contribution in [0.4, 0.5) is 0 Å². The summed E-state index contributed by atoms with van der Waals surface area (Å²) in [5.41, 5.74) is 2.76. The standard InChI is InChI=1S/C20H22N2O4S/c1-14-10-15(2)19-16(11-14)12-17(20(24)21-19)13-22(8-9-23)27(25,26)18-6-4-3-5-7-18/h3-7,10-12,23H,8-9,13H2,1-2H3,(H,21,24). The molecule has 3 rings (SSSR count). The number of nitrogens with zero attached hydrogens (tertiary/aromatic N) is 1. The van der Waals surface area contributed by atoms with Crippen molar-refractivity contribution in [3.05, 3.63) is 75.6 Å². The second-order valence-corrected chi connectivity index (χ2v) is 8.48. The number of pyridine rings is 1. The first-order valence-electron chi connectivity index (χ1n) is 8.62. The van der Waals surface area contributed by atoms with E-state index in [9.17, 15) is 18.3 Å². The molecule has 0 spiro atoms. The molecule has 0 fully saturated rings. The van der Waals surface area contributed by atoms with Crippen LogP contribution >= 0.6 is 0 Å². The van der Waals surface area contributed by atoms with E-state index in [1.165, 1.54) is 12.1 Å². The van der Waals surface area contributed by atoms with Crippen molar-refractivity contribution in [1.29, 1.82) is 0 Å². The maximum absolute atomic E-state index is 12.9. The second kappa shape index (κ2) is 7.64. The number of H-pyrrole nitrogens is 1. The highest BCUT2D eigenvalue weighted by Gasteiger charge is 2.25. The lowest BCUT2D eigenvalue weighted by Crippen LogP contribution is -2.35. The molecule has 7 heteroatoms. The number of aryl methyl sites for hydroxylation is 2. The van der Waals surface area contributed by atoms with Gasteiger partial charge < -0.3 is 10.1 Å². The summed E-state index contributed by atoms with van der Waals surface area (Å²) in [6.07, 6.45) is 0. The molecule has 0 unspecified atom stereocenters. The average Bonchev–Trinajstić information content (AvgIpc) is 2.63. The van der Waals surface area contributed by atoms with Crippen molar-refractivity contribution < 1.29 is 13.5 Å². The predicted octanol–water partition coefficient (Wildman–Crippen LogP) is 2.33. The summed E-state index contributed by atoms with van der Waals surface area (Å²) in [7, 11) is -3.83. The number of benzene rings is 2. The fourth-order valence-electron chi connectivity index (χ4n) is 3.18. The van der Waals surface area contributed by atoms with Crippen LogP contribution in [0.2, 0.25) is 0 Å². The molecular weight excluding hydrogens is 364 g/mol. The molecule has 6 nitrogen and oxygen atoms in total. The van der Waals surface area contributed by atoms with Gasteiger partial charge in [0.1, 0.15) is 0 Å². The first kappa shape index (κ1) is 19.3. The molecule has 0 saturated carbocycles. The van der Waals surface area contributed by atoms with Gasteiger partial charge in [-0.1, -0.05) is 29.8 Å². The summed E-state index contributed by atoms with van der Waals surface area (Å²) in [6.45, 7) is 3.34. The molecule has 0 bridgehead atoms. The van der Waals surface area contributed by atoms with E-state index < -0.39 is 10.0 Å². The van der Waals surface area contributed by atoms with Gasteiger partial charge in [0.05, 0.1) is 17.0 Å². The Hall–Kier alpha value is -2.48. The van der Waals surface area contributed by atoms with Crippen molar-refractivity contribution in [1.82, 2.24) is 9.29 Å².